The van der Waals surface area contributed by atoms with E-state index in [1.165, 1.54) is 35.5 Å². The molecule has 1 aromatic carbocycles. The summed E-state index contributed by atoms with van der Waals surface area (Å²) < 4.78 is 15.1. The Bertz CT molecular complexity index is 791. The van der Waals surface area contributed by atoms with Crippen LogP contribution >= 0.6 is 0 Å². The third-order valence-corrected chi connectivity index (χ3v) is 5.55. The number of anilines is 1. The van der Waals surface area contributed by atoms with Crippen molar-refractivity contribution in [2.75, 3.05) is 31.5 Å². The van der Waals surface area contributed by atoms with Crippen LogP contribution in [-0.2, 0) is 19.9 Å². The van der Waals surface area contributed by atoms with Crippen LogP contribution in [0.4, 0.5) is 10.2 Å². The number of nitrogens with one attached hydrogen (secondary N) is 1. The monoisotopic (exact) mass is 354 g/mol. The summed E-state index contributed by atoms with van der Waals surface area (Å²) in [6.07, 6.45) is 8.11. The van der Waals surface area contributed by atoms with Gasteiger partial charge in [-0.3, -0.25) is 9.58 Å². The van der Waals surface area contributed by atoms with E-state index in [4.69, 9.17) is 0 Å². The fourth-order valence-corrected chi connectivity index (χ4v) is 4.08. The van der Waals surface area contributed by atoms with Gasteiger partial charge in [0.25, 0.3) is 0 Å². The quantitative estimate of drug-likeness (QED) is 0.890. The second-order valence-electron chi connectivity index (χ2n) is 7.32. The molecule has 1 N–H and O–H groups in total. The number of rotatable bonds is 5. The highest BCUT2D eigenvalue weighted by Gasteiger charge is 2.19. The first-order chi connectivity index (χ1) is 12.7. The fourth-order valence-electron chi connectivity index (χ4n) is 4.08. The standard InChI is InChI=1S/C21H27FN4/c1-25-21(19-4-2-3-5-20(19)24-25)23-12-15-26-13-10-17(11-14-26)16-6-8-18(22)9-7-16/h6-10,23H,2-5,11-15H2,1H3. The Kier molecular flexibility index (Phi) is 5.07. The average molecular weight is 354 g/mol. The molecular formula is C21H27FN4. The molecule has 0 saturated carbocycles. The second-order valence-corrected chi connectivity index (χ2v) is 7.32. The van der Waals surface area contributed by atoms with Crippen molar-refractivity contribution in [2.45, 2.75) is 32.1 Å². The summed E-state index contributed by atoms with van der Waals surface area (Å²) >= 11 is 0. The lowest BCUT2D eigenvalue weighted by atomic mass is 9.97. The molecule has 26 heavy (non-hydrogen) atoms. The lowest BCUT2D eigenvalue weighted by molar-refractivity contribution is 0.313. The molecule has 2 heterocycles. The van der Waals surface area contributed by atoms with E-state index in [9.17, 15) is 4.39 Å². The van der Waals surface area contributed by atoms with Crippen molar-refractivity contribution >= 4 is 11.4 Å². The van der Waals surface area contributed by atoms with Gasteiger partial charge < -0.3 is 5.32 Å². The van der Waals surface area contributed by atoms with Crippen LogP contribution in [-0.4, -0.2) is 40.9 Å². The van der Waals surface area contributed by atoms with Gasteiger partial charge >= 0.3 is 0 Å². The Balaban J connectivity index is 1.30. The summed E-state index contributed by atoms with van der Waals surface area (Å²) in [5.41, 5.74) is 5.18. The van der Waals surface area contributed by atoms with Crippen LogP contribution in [0.1, 0.15) is 36.1 Å². The highest BCUT2D eigenvalue weighted by Crippen LogP contribution is 2.27. The molecule has 5 heteroatoms. The Labute approximate surface area is 154 Å². The minimum Gasteiger partial charge on any atom is -0.369 e. The van der Waals surface area contributed by atoms with Crippen molar-refractivity contribution in [2.24, 2.45) is 7.05 Å². The molecule has 0 fully saturated rings. The second kappa shape index (κ2) is 7.62. The SMILES string of the molecule is Cn1nc2c(c1NCCN1CC=C(c3ccc(F)cc3)CC1)CCCC2. The molecule has 1 aromatic heterocycles. The number of halogens is 1. The van der Waals surface area contributed by atoms with Crippen molar-refractivity contribution in [3.8, 4) is 0 Å². The van der Waals surface area contributed by atoms with Crippen LogP contribution in [0.15, 0.2) is 30.3 Å². The van der Waals surface area contributed by atoms with Gasteiger partial charge in [0.05, 0.1) is 5.69 Å². The molecule has 0 spiro atoms. The molecule has 0 bridgehead atoms. The van der Waals surface area contributed by atoms with E-state index in [0.29, 0.717) is 0 Å². The molecule has 0 radical (unpaired) electrons. The van der Waals surface area contributed by atoms with Crippen molar-refractivity contribution < 1.29 is 4.39 Å². The van der Waals surface area contributed by atoms with Crippen LogP contribution in [0.25, 0.3) is 5.57 Å². The zero-order valence-electron chi connectivity index (χ0n) is 15.5. The molecule has 0 unspecified atom stereocenters. The number of hydrogen-bond acceptors (Lipinski definition) is 3. The molecule has 1 aliphatic heterocycles. The maximum Gasteiger partial charge on any atom is 0.127 e. The molecule has 0 saturated heterocycles. The predicted octanol–water partition coefficient (Wildman–Crippen LogP) is 3.64. The van der Waals surface area contributed by atoms with Crippen molar-refractivity contribution in [3.05, 3.63) is 53.0 Å². The van der Waals surface area contributed by atoms with Crippen molar-refractivity contribution in [1.82, 2.24) is 14.7 Å². The number of benzene rings is 1. The van der Waals surface area contributed by atoms with Crippen LogP contribution in [0.2, 0.25) is 0 Å². The first-order valence-electron chi connectivity index (χ1n) is 9.66. The van der Waals surface area contributed by atoms with E-state index in [2.05, 4.69) is 21.4 Å². The molecule has 0 atom stereocenters. The smallest absolute Gasteiger partial charge is 0.127 e. The minimum atomic E-state index is -0.171. The highest BCUT2D eigenvalue weighted by atomic mass is 19.1. The van der Waals surface area contributed by atoms with Crippen LogP contribution < -0.4 is 5.32 Å². The topological polar surface area (TPSA) is 33.1 Å². The van der Waals surface area contributed by atoms with Gasteiger partial charge in [-0.05, 0) is 55.4 Å². The summed E-state index contributed by atoms with van der Waals surface area (Å²) in [5, 5.41) is 8.28. The largest absolute Gasteiger partial charge is 0.369 e. The summed E-state index contributed by atoms with van der Waals surface area (Å²) in [4.78, 5) is 2.46. The Morgan fingerprint density at radius 2 is 1.92 bits per heavy atom. The van der Waals surface area contributed by atoms with Gasteiger partial charge in [-0.2, -0.15) is 5.10 Å². The molecule has 1 aliphatic carbocycles. The van der Waals surface area contributed by atoms with E-state index in [1.807, 2.05) is 23.9 Å². The van der Waals surface area contributed by atoms with Crippen LogP contribution in [0.5, 0.6) is 0 Å². The molecule has 138 valence electrons. The molecule has 4 nitrogen and oxygen atoms in total. The first-order valence-corrected chi connectivity index (χ1v) is 9.66. The zero-order chi connectivity index (χ0) is 17.9. The van der Waals surface area contributed by atoms with E-state index in [1.54, 1.807) is 12.1 Å². The number of nitrogens with zero attached hydrogens (tertiary/aromatic N) is 3. The van der Waals surface area contributed by atoms with Gasteiger partial charge in [0.1, 0.15) is 11.6 Å². The van der Waals surface area contributed by atoms with E-state index >= 15 is 0 Å². The molecule has 4 rings (SSSR count). The van der Waals surface area contributed by atoms with Gasteiger partial charge in [-0.15, -0.1) is 0 Å². The van der Waals surface area contributed by atoms with Gasteiger partial charge in [0.2, 0.25) is 0 Å². The number of aryl methyl sites for hydroxylation is 2. The van der Waals surface area contributed by atoms with E-state index in [0.717, 1.165) is 51.0 Å². The van der Waals surface area contributed by atoms with Gasteiger partial charge in [-0.1, -0.05) is 18.2 Å². The summed E-state index contributed by atoms with van der Waals surface area (Å²) in [6.45, 7) is 3.96. The zero-order valence-corrected chi connectivity index (χ0v) is 15.5. The van der Waals surface area contributed by atoms with Gasteiger partial charge in [0, 0.05) is 38.8 Å². The molecule has 2 aliphatic rings. The highest BCUT2D eigenvalue weighted by molar-refractivity contribution is 5.66. The van der Waals surface area contributed by atoms with E-state index < -0.39 is 0 Å². The summed E-state index contributed by atoms with van der Waals surface area (Å²) in [5.74, 6) is 1.04. The maximum absolute atomic E-state index is 13.1. The third kappa shape index (κ3) is 3.68. The lowest BCUT2D eigenvalue weighted by Crippen LogP contribution is -2.33. The number of hydrogen-bond donors (Lipinski definition) is 1. The first kappa shape index (κ1) is 17.3. The van der Waals surface area contributed by atoms with Gasteiger partial charge in [0.15, 0.2) is 0 Å². The van der Waals surface area contributed by atoms with Gasteiger partial charge in [-0.25, -0.2) is 4.39 Å². The number of fused-ring (bicyclic) bond motifs is 1. The Hall–Kier alpha value is -2.14. The number of aromatic nitrogens is 2. The summed E-state index contributed by atoms with van der Waals surface area (Å²) in [7, 11) is 2.04. The Morgan fingerprint density at radius 1 is 1.12 bits per heavy atom. The normalized spacial score (nSPS) is 17.7. The molecular weight excluding hydrogens is 327 g/mol. The fraction of sp³-hybridized carbons (Fsp3) is 0.476. The third-order valence-electron chi connectivity index (χ3n) is 5.55. The minimum absolute atomic E-state index is 0.171. The Morgan fingerprint density at radius 3 is 2.69 bits per heavy atom. The summed E-state index contributed by atoms with van der Waals surface area (Å²) in [6, 6.07) is 6.84. The van der Waals surface area contributed by atoms with Crippen LogP contribution in [0.3, 0.4) is 0 Å². The lowest BCUT2D eigenvalue weighted by Gasteiger charge is -2.26. The van der Waals surface area contributed by atoms with Crippen molar-refractivity contribution in [1.29, 1.82) is 0 Å². The van der Waals surface area contributed by atoms with Crippen molar-refractivity contribution in [3.63, 3.8) is 0 Å². The molecule has 2 aromatic rings. The average Bonchev–Trinajstić information content (AvgIpc) is 2.99. The predicted molar refractivity (Wildman–Crippen MR) is 104 cm³/mol. The molecule has 0 amide bonds. The maximum atomic E-state index is 13.1. The van der Waals surface area contributed by atoms with Crippen LogP contribution in [0, 0.1) is 5.82 Å². The van der Waals surface area contributed by atoms with E-state index in [-0.39, 0.29) is 5.82 Å².